The van der Waals surface area contributed by atoms with Crippen molar-refractivity contribution in [1.82, 2.24) is 10.3 Å². The molecule has 4 rings (SSSR count). The molecule has 1 aliphatic heterocycles. The Morgan fingerprint density at radius 2 is 1.86 bits per heavy atom. The van der Waals surface area contributed by atoms with E-state index in [1.807, 2.05) is 6.07 Å². The maximum absolute atomic E-state index is 10.8. The van der Waals surface area contributed by atoms with Crippen LogP contribution in [0.5, 0.6) is 5.75 Å². The van der Waals surface area contributed by atoms with Crippen LogP contribution in [0, 0.1) is 5.92 Å². The molecular formula is C22H28N2O3S. The van der Waals surface area contributed by atoms with E-state index < -0.39 is 5.97 Å². The van der Waals surface area contributed by atoms with Gasteiger partial charge in [-0.15, -0.1) is 11.3 Å². The predicted molar refractivity (Wildman–Crippen MR) is 111 cm³/mol. The number of aromatic nitrogens is 1. The van der Waals surface area contributed by atoms with Crippen molar-refractivity contribution in [3.05, 3.63) is 33.6 Å². The molecule has 0 spiro atoms. The number of benzene rings is 1. The van der Waals surface area contributed by atoms with Crippen molar-refractivity contribution in [3.8, 4) is 17.0 Å². The van der Waals surface area contributed by atoms with Gasteiger partial charge in [-0.25, -0.2) is 4.98 Å². The molecule has 2 aliphatic rings. The summed E-state index contributed by atoms with van der Waals surface area (Å²) < 4.78 is 0. The van der Waals surface area contributed by atoms with Crippen LogP contribution in [0.4, 0.5) is 0 Å². The van der Waals surface area contributed by atoms with Crippen LogP contribution in [0.3, 0.4) is 0 Å². The minimum Gasteiger partial charge on any atom is -0.507 e. The zero-order chi connectivity index (χ0) is 19.5. The van der Waals surface area contributed by atoms with E-state index in [4.69, 9.17) is 10.1 Å². The Hall–Kier alpha value is -1.92. The number of nitrogens with zero attached hydrogens (tertiary/aromatic N) is 1. The van der Waals surface area contributed by atoms with E-state index in [0.29, 0.717) is 17.6 Å². The number of carbonyl (C=O) groups is 1. The molecule has 2 aromatic rings. The van der Waals surface area contributed by atoms with Crippen LogP contribution in [-0.2, 0) is 17.6 Å². The first-order chi connectivity index (χ1) is 13.6. The third kappa shape index (κ3) is 4.39. The molecule has 28 heavy (non-hydrogen) atoms. The quantitative estimate of drug-likeness (QED) is 0.695. The maximum Gasteiger partial charge on any atom is 0.303 e. The predicted octanol–water partition coefficient (Wildman–Crippen LogP) is 4.34. The molecule has 3 N–H and O–H groups in total. The summed E-state index contributed by atoms with van der Waals surface area (Å²) in [5, 5.41) is 26.1. The fourth-order valence-electron chi connectivity index (χ4n) is 4.54. The molecule has 2 heterocycles. The van der Waals surface area contributed by atoms with E-state index in [1.54, 1.807) is 11.3 Å². The lowest BCUT2D eigenvalue weighted by atomic mass is 9.80. The van der Waals surface area contributed by atoms with E-state index in [2.05, 4.69) is 16.8 Å². The summed E-state index contributed by atoms with van der Waals surface area (Å²) >= 11 is 1.69. The van der Waals surface area contributed by atoms with Gasteiger partial charge in [0.2, 0.25) is 0 Å². The maximum atomic E-state index is 10.8. The number of aromatic hydroxyl groups is 1. The summed E-state index contributed by atoms with van der Waals surface area (Å²) in [6.07, 6.45) is 7.36. The topological polar surface area (TPSA) is 82.5 Å². The van der Waals surface area contributed by atoms with Gasteiger partial charge in [0.1, 0.15) is 5.75 Å². The monoisotopic (exact) mass is 400 g/mol. The lowest BCUT2D eigenvalue weighted by Crippen LogP contribution is -2.16. The molecule has 0 bridgehead atoms. The molecule has 5 nitrogen and oxygen atoms in total. The number of carboxylic acid groups (broad SMARTS) is 1. The number of phenolic OH excluding ortho intramolecular Hbond substituents is 1. The van der Waals surface area contributed by atoms with E-state index in [0.717, 1.165) is 74.3 Å². The highest BCUT2D eigenvalue weighted by molar-refractivity contribution is 7.10. The van der Waals surface area contributed by atoms with Crippen molar-refractivity contribution in [2.24, 2.45) is 5.92 Å². The number of nitrogens with one attached hydrogen (secondary N) is 1. The number of phenols is 1. The third-order valence-electron chi connectivity index (χ3n) is 6.22. The number of aliphatic carboxylic acids is 1. The van der Waals surface area contributed by atoms with Crippen LogP contribution in [0.25, 0.3) is 11.3 Å². The van der Waals surface area contributed by atoms with Crippen molar-refractivity contribution >= 4 is 17.3 Å². The second-order valence-corrected chi connectivity index (χ2v) is 9.00. The lowest BCUT2D eigenvalue weighted by Gasteiger charge is -2.26. The molecule has 150 valence electrons. The zero-order valence-corrected chi connectivity index (χ0v) is 16.9. The highest BCUT2D eigenvalue weighted by Crippen LogP contribution is 2.41. The number of hydrogen-bond donors (Lipinski definition) is 3. The first-order valence-corrected chi connectivity index (χ1v) is 11.2. The van der Waals surface area contributed by atoms with Crippen LogP contribution in [0.15, 0.2) is 17.5 Å². The van der Waals surface area contributed by atoms with Gasteiger partial charge in [-0.2, -0.15) is 0 Å². The Morgan fingerprint density at radius 3 is 2.57 bits per heavy atom. The SMILES string of the molecule is O=C(O)CCC1CCC(c2nc(-c3cc4c(cc3O)CCNCC4)cs2)CC1. The second-order valence-electron chi connectivity index (χ2n) is 8.11. The highest BCUT2D eigenvalue weighted by atomic mass is 32.1. The Balaban J connectivity index is 1.45. The van der Waals surface area contributed by atoms with Gasteiger partial charge in [0, 0.05) is 23.3 Å². The first-order valence-electron chi connectivity index (χ1n) is 10.3. The number of hydrogen-bond acceptors (Lipinski definition) is 5. The summed E-state index contributed by atoms with van der Waals surface area (Å²) in [6.45, 7) is 1.94. The third-order valence-corrected chi connectivity index (χ3v) is 7.23. The molecule has 1 aliphatic carbocycles. The smallest absolute Gasteiger partial charge is 0.303 e. The molecule has 1 aromatic carbocycles. The summed E-state index contributed by atoms with van der Waals surface area (Å²) in [7, 11) is 0. The number of rotatable bonds is 5. The standard InChI is InChI=1S/C22H28N2O3S/c25-20-12-17-8-10-23-9-7-16(17)11-18(20)19-13-28-22(24-19)15-4-1-14(2-5-15)3-6-21(26)27/h11-15,23,25H,1-10H2,(H,26,27). The number of thiazole rings is 1. The minimum absolute atomic E-state index is 0.282. The van der Waals surface area contributed by atoms with Crippen molar-refractivity contribution in [3.63, 3.8) is 0 Å². The fourth-order valence-corrected chi connectivity index (χ4v) is 5.53. The molecule has 1 aromatic heterocycles. The Kier molecular flexibility index (Phi) is 5.97. The van der Waals surface area contributed by atoms with Gasteiger partial charge >= 0.3 is 5.97 Å². The zero-order valence-electron chi connectivity index (χ0n) is 16.1. The minimum atomic E-state index is -0.692. The van der Waals surface area contributed by atoms with Gasteiger partial charge in [-0.3, -0.25) is 4.79 Å². The van der Waals surface area contributed by atoms with E-state index in [-0.39, 0.29) is 6.42 Å². The van der Waals surface area contributed by atoms with E-state index >= 15 is 0 Å². The summed E-state index contributed by atoms with van der Waals surface area (Å²) in [5.41, 5.74) is 4.27. The molecule has 0 amide bonds. The number of fused-ring (bicyclic) bond motifs is 1. The van der Waals surface area contributed by atoms with Gasteiger partial charge in [0.15, 0.2) is 0 Å². The molecule has 1 fully saturated rings. The largest absolute Gasteiger partial charge is 0.507 e. The van der Waals surface area contributed by atoms with Gasteiger partial charge in [0.25, 0.3) is 0 Å². The van der Waals surface area contributed by atoms with Gasteiger partial charge in [0.05, 0.1) is 10.7 Å². The Morgan fingerprint density at radius 1 is 1.14 bits per heavy atom. The fraction of sp³-hybridized carbons (Fsp3) is 0.545. The van der Waals surface area contributed by atoms with Crippen LogP contribution in [0.1, 0.15) is 60.6 Å². The molecule has 0 unspecified atom stereocenters. The summed E-state index contributed by atoms with van der Waals surface area (Å²) in [6, 6.07) is 4.05. The normalized spacial score (nSPS) is 22.4. The van der Waals surface area contributed by atoms with Gasteiger partial charge in [-0.1, -0.05) is 0 Å². The second kappa shape index (κ2) is 8.62. The number of carboxylic acids is 1. The molecular weight excluding hydrogens is 372 g/mol. The lowest BCUT2D eigenvalue weighted by molar-refractivity contribution is -0.137. The van der Waals surface area contributed by atoms with Crippen molar-refractivity contribution in [2.75, 3.05) is 13.1 Å². The van der Waals surface area contributed by atoms with E-state index in [9.17, 15) is 9.90 Å². The average molecular weight is 401 g/mol. The van der Waals surface area contributed by atoms with E-state index in [1.165, 1.54) is 11.1 Å². The van der Waals surface area contributed by atoms with Crippen LogP contribution >= 0.6 is 11.3 Å². The van der Waals surface area contributed by atoms with Crippen LogP contribution in [0.2, 0.25) is 0 Å². The van der Waals surface area contributed by atoms with Crippen molar-refractivity contribution < 1.29 is 15.0 Å². The Bertz CT molecular complexity index is 840. The Labute approximate surface area is 169 Å². The van der Waals surface area contributed by atoms with Crippen LogP contribution < -0.4 is 5.32 Å². The van der Waals surface area contributed by atoms with Crippen LogP contribution in [-0.4, -0.2) is 34.3 Å². The van der Waals surface area contributed by atoms with Gasteiger partial charge in [-0.05, 0) is 87.2 Å². The summed E-state index contributed by atoms with van der Waals surface area (Å²) in [4.78, 5) is 15.7. The molecule has 0 radical (unpaired) electrons. The highest BCUT2D eigenvalue weighted by Gasteiger charge is 2.25. The first kappa shape index (κ1) is 19.4. The van der Waals surface area contributed by atoms with Crippen molar-refractivity contribution in [1.29, 1.82) is 0 Å². The average Bonchev–Trinajstić information content (AvgIpc) is 3.06. The summed E-state index contributed by atoms with van der Waals surface area (Å²) in [5.74, 6) is 0.638. The molecule has 0 atom stereocenters. The molecule has 0 saturated heterocycles. The van der Waals surface area contributed by atoms with Crippen molar-refractivity contribution in [2.45, 2.75) is 57.3 Å². The molecule has 1 saturated carbocycles. The molecule has 6 heteroatoms. The van der Waals surface area contributed by atoms with Gasteiger partial charge < -0.3 is 15.5 Å².